The van der Waals surface area contributed by atoms with E-state index in [1.165, 1.54) is 23.9 Å². The van der Waals surface area contributed by atoms with Crippen LogP contribution in [0, 0.1) is 24.0 Å². The van der Waals surface area contributed by atoms with Crippen molar-refractivity contribution in [3.05, 3.63) is 84.9 Å². The van der Waals surface area contributed by atoms with Gasteiger partial charge in [-0.25, -0.2) is 4.99 Å². The highest BCUT2D eigenvalue weighted by atomic mass is 79.9. The van der Waals surface area contributed by atoms with Gasteiger partial charge in [0.05, 0.1) is 15.5 Å². The molecule has 1 fully saturated rings. The fraction of sp³-hybridized carbons (Fsp3) is 0.0909. The molecule has 0 radical (unpaired) electrons. The fourth-order valence-corrected chi connectivity index (χ4v) is 4.52. The molecule has 1 N–H and O–H groups in total. The number of halogens is 1. The molecular weight excluding hydrogens is 482 g/mol. The normalized spacial score (nSPS) is 16.2. The number of carbonyl (C=O) groups excluding carboxylic acids is 1. The molecule has 7 nitrogen and oxygen atoms in total. The first-order valence-electron chi connectivity index (χ1n) is 9.20. The Morgan fingerprint density at radius 2 is 1.87 bits per heavy atom. The zero-order chi connectivity index (χ0) is 22.1. The van der Waals surface area contributed by atoms with Crippen molar-refractivity contribution in [3.8, 4) is 11.3 Å². The second-order valence-electron chi connectivity index (χ2n) is 6.95. The number of nitrogens with zero attached hydrogens (tertiary/aromatic N) is 2. The molecule has 1 aromatic heterocycles. The van der Waals surface area contributed by atoms with Gasteiger partial charge < -0.3 is 9.73 Å². The number of benzene rings is 2. The summed E-state index contributed by atoms with van der Waals surface area (Å²) < 4.78 is 6.38. The number of rotatable bonds is 4. The lowest BCUT2D eigenvalue weighted by Gasteiger charge is -2.01. The Bertz CT molecular complexity index is 1260. The summed E-state index contributed by atoms with van der Waals surface area (Å²) in [4.78, 5) is 27.8. The van der Waals surface area contributed by atoms with Crippen LogP contribution in [0.25, 0.3) is 17.4 Å². The number of thioether (sulfide) groups is 1. The number of carbonyl (C=O) groups is 1. The summed E-state index contributed by atoms with van der Waals surface area (Å²) >= 11 is 4.58. The molecule has 156 valence electrons. The molecule has 0 unspecified atom stereocenters. The Kier molecular flexibility index (Phi) is 5.79. The van der Waals surface area contributed by atoms with Crippen molar-refractivity contribution >= 4 is 56.2 Å². The SMILES string of the molecule is Cc1cc(C)cc(N=C2NC(=O)/C(=C/c3ccc(-c4ccc([N+](=O)[O-])cc4Br)o3)S2)c1. The van der Waals surface area contributed by atoms with Crippen LogP contribution in [0.4, 0.5) is 11.4 Å². The molecule has 9 heteroatoms. The van der Waals surface area contributed by atoms with E-state index in [4.69, 9.17) is 4.42 Å². The third-order valence-electron chi connectivity index (χ3n) is 4.42. The minimum Gasteiger partial charge on any atom is -0.457 e. The maximum absolute atomic E-state index is 12.4. The van der Waals surface area contributed by atoms with Crippen LogP contribution in [-0.2, 0) is 4.79 Å². The number of amidine groups is 1. The van der Waals surface area contributed by atoms with Crippen LogP contribution in [0.3, 0.4) is 0 Å². The van der Waals surface area contributed by atoms with Crippen molar-refractivity contribution in [2.75, 3.05) is 0 Å². The maximum atomic E-state index is 12.4. The van der Waals surface area contributed by atoms with Gasteiger partial charge in [-0.15, -0.1) is 0 Å². The van der Waals surface area contributed by atoms with Gasteiger partial charge in [-0.3, -0.25) is 14.9 Å². The first-order chi connectivity index (χ1) is 14.8. The lowest BCUT2D eigenvalue weighted by Crippen LogP contribution is -2.19. The molecule has 1 amide bonds. The monoisotopic (exact) mass is 497 g/mol. The largest absolute Gasteiger partial charge is 0.457 e. The lowest BCUT2D eigenvalue weighted by molar-refractivity contribution is -0.384. The van der Waals surface area contributed by atoms with E-state index in [0.717, 1.165) is 16.8 Å². The number of nitro groups is 1. The molecule has 0 spiro atoms. The summed E-state index contributed by atoms with van der Waals surface area (Å²) in [6, 6.07) is 13.9. The molecule has 1 aliphatic rings. The van der Waals surface area contributed by atoms with Gasteiger partial charge in [-0.2, -0.15) is 0 Å². The summed E-state index contributed by atoms with van der Waals surface area (Å²) in [7, 11) is 0. The Morgan fingerprint density at radius 3 is 2.55 bits per heavy atom. The smallest absolute Gasteiger partial charge is 0.270 e. The van der Waals surface area contributed by atoms with Crippen LogP contribution in [0.2, 0.25) is 0 Å². The van der Waals surface area contributed by atoms with E-state index >= 15 is 0 Å². The van der Waals surface area contributed by atoms with Crippen LogP contribution in [0.15, 0.2) is 67.3 Å². The molecule has 31 heavy (non-hydrogen) atoms. The summed E-state index contributed by atoms with van der Waals surface area (Å²) in [6.45, 7) is 4.00. The molecule has 0 saturated carbocycles. The first-order valence-corrected chi connectivity index (χ1v) is 10.8. The molecule has 2 aromatic carbocycles. The zero-order valence-electron chi connectivity index (χ0n) is 16.5. The Morgan fingerprint density at radius 1 is 1.13 bits per heavy atom. The van der Waals surface area contributed by atoms with Crippen LogP contribution in [0.5, 0.6) is 0 Å². The van der Waals surface area contributed by atoms with E-state index in [2.05, 4.69) is 32.3 Å². The maximum Gasteiger partial charge on any atom is 0.270 e. The van der Waals surface area contributed by atoms with E-state index in [1.807, 2.05) is 26.0 Å². The second kappa shape index (κ2) is 8.52. The van der Waals surface area contributed by atoms with Crippen molar-refractivity contribution in [3.63, 3.8) is 0 Å². The van der Waals surface area contributed by atoms with Crippen molar-refractivity contribution in [1.82, 2.24) is 5.32 Å². The first kappa shape index (κ1) is 21.1. The number of nitro benzene ring substituents is 1. The molecule has 0 aliphatic carbocycles. The van der Waals surface area contributed by atoms with Gasteiger partial charge in [0.2, 0.25) is 0 Å². The Balaban J connectivity index is 1.56. The van der Waals surface area contributed by atoms with Crippen molar-refractivity contribution in [2.24, 2.45) is 4.99 Å². The molecule has 2 heterocycles. The average molecular weight is 498 g/mol. The van der Waals surface area contributed by atoms with Gasteiger partial charge in [-0.1, -0.05) is 6.07 Å². The molecule has 1 saturated heterocycles. The number of hydrogen-bond acceptors (Lipinski definition) is 6. The molecule has 1 aliphatic heterocycles. The number of non-ortho nitro benzene ring substituents is 1. The minimum atomic E-state index is -0.459. The summed E-state index contributed by atoms with van der Waals surface area (Å²) in [5.74, 6) is 0.772. The predicted octanol–water partition coefficient (Wildman–Crippen LogP) is 6.13. The number of aliphatic imine (C=N–C) groups is 1. The Hall–Kier alpha value is -3.17. The number of hydrogen-bond donors (Lipinski definition) is 1. The highest BCUT2D eigenvalue weighted by Crippen LogP contribution is 2.34. The van der Waals surface area contributed by atoms with Crippen molar-refractivity contribution in [2.45, 2.75) is 13.8 Å². The van der Waals surface area contributed by atoms with E-state index in [9.17, 15) is 14.9 Å². The molecule has 3 aromatic rings. The van der Waals surface area contributed by atoms with Gasteiger partial charge in [0.1, 0.15) is 11.5 Å². The number of furan rings is 1. The topological polar surface area (TPSA) is 97.7 Å². The van der Waals surface area contributed by atoms with E-state index in [1.54, 1.807) is 24.3 Å². The van der Waals surface area contributed by atoms with E-state index < -0.39 is 4.92 Å². The number of aryl methyl sites for hydroxylation is 2. The lowest BCUT2D eigenvalue weighted by atomic mass is 10.1. The average Bonchev–Trinajstić information content (AvgIpc) is 3.27. The summed E-state index contributed by atoms with van der Waals surface area (Å²) in [6.07, 6.45) is 1.65. The summed E-state index contributed by atoms with van der Waals surface area (Å²) in [5.41, 5.74) is 3.65. The van der Waals surface area contributed by atoms with Gasteiger partial charge >= 0.3 is 0 Å². The minimum absolute atomic E-state index is 0.0147. The molecule has 0 bridgehead atoms. The third kappa shape index (κ3) is 4.78. The quantitative estimate of drug-likeness (QED) is 0.265. The van der Waals surface area contributed by atoms with Crippen molar-refractivity contribution in [1.29, 1.82) is 0 Å². The number of amides is 1. The predicted molar refractivity (Wildman–Crippen MR) is 125 cm³/mol. The van der Waals surface area contributed by atoms with Crippen LogP contribution in [-0.4, -0.2) is 16.0 Å². The van der Waals surface area contributed by atoms with Gasteiger partial charge in [0.25, 0.3) is 11.6 Å². The van der Waals surface area contributed by atoms with Gasteiger partial charge in [0, 0.05) is 28.2 Å². The zero-order valence-corrected chi connectivity index (χ0v) is 18.9. The Labute approximate surface area is 190 Å². The van der Waals surface area contributed by atoms with E-state index in [0.29, 0.717) is 31.6 Å². The van der Waals surface area contributed by atoms with E-state index in [-0.39, 0.29) is 11.6 Å². The second-order valence-corrected chi connectivity index (χ2v) is 8.84. The van der Waals surface area contributed by atoms with Crippen LogP contribution >= 0.6 is 27.7 Å². The van der Waals surface area contributed by atoms with Crippen LogP contribution in [0.1, 0.15) is 16.9 Å². The van der Waals surface area contributed by atoms with Crippen LogP contribution < -0.4 is 5.32 Å². The van der Waals surface area contributed by atoms with Gasteiger partial charge in [-0.05, 0) is 83.0 Å². The highest BCUT2D eigenvalue weighted by molar-refractivity contribution is 9.10. The molecule has 4 rings (SSSR count). The standard InChI is InChI=1S/C22H16BrN3O4S/c1-12-7-13(2)9-14(8-12)24-22-25-21(27)20(31-22)11-16-4-6-19(30-16)17-5-3-15(26(28)29)10-18(17)23/h3-11H,1-2H3,(H,24,25,27)/b20-11-. The molecular formula is C22H16BrN3O4S. The van der Waals surface area contributed by atoms with Gasteiger partial charge in [0.15, 0.2) is 5.17 Å². The third-order valence-corrected chi connectivity index (χ3v) is 5.98. The number of nitrogens with one attached hydrogen (secondary N) is 1. The highest BCUT2D eigenvalue weighted by Gasteiger charge is 2.24. The molecule has 0 atom stereocenters. The summed E-state index contributed by atoms with van der Waals surface area (Å²) in [5, 5.41) is 14.2. The van der Waals surface area contributed by atoms with Crippen molar-refractivity contribution < 1.29 is 14.1 Å². The fourth-order valence-electron chi connectivity index (χ4n) is 3.13.